The Hall–Kier alpha value is -1.52. The summed E-state index contributed by atoms with van der Waals surface area (Å²) in [6.45, 7) is 0. The summed E-state index contributed by atoms with van der Waals surface area (Å²) >= 11 is 0. The largest absolute Gasteiger partial charge is 0.396 e. The second-order valence-electron chi connectivity index (χ2n) is 2.99. The van der Waals surface area contributed by atoms with Gasteiger partial charge in [0.15, 0.2) is 0 Å². The molecule has 0 unspecified atom stereocenters. The number of nitrogens with zero attached hydrogens (tertiary/aromatic N) is 1. The second kappa shape index (κ2) is 3.01. The molecule has 1 aromatic carbocycles. The van der Waals surface area contributed by atoms with Crippen LogP contribution in [0.2, 0.25) is 0 Å². The van der Waals surface area contributed by atoms with E-state index < -0.39 is 12.6 Å². The van der Waals surface area contributed by atoms with Crippen LogP contribution in [0.25, 0.3) is 11.0 Å². The van der Waals surface area contributed by atoms with Crippen molar-refractivity contribution >= 4 is 11.0 Å². The van der Waals surface area contributed by atoms with Gasteiger partial charge in [0.05, 0.1) is 11.0 Å². The number of benzene rings is 1. The molecule has 0 amide bonds. The third-order valence-corrected chi connectivity index (χ3v) is 1.81. The van der Waals surface area contributed by atoms with Crippen LogP contribution >= 0.6 is 0 Å². The minimum atomic E-state index is -4.21. The zero-order valence-corrected chi connectivity index (χ0v) is 7.10. The number of aromatic amines is 1. The van der Waals surface area contributed by atoms with Crippen molar-refractivity contribution in [3.63, 3.8) is 0 Å². The first-order valence-electron chi connectivity index (χ1n) is 4.05. The van der Waals surface area contributed by atoms with Gasteiger partial charge >= 0.3 is 6.18 Å². The number of halogens is 3. The van der Waals surface area contributed by atoms with E-state index in [2.05, 4.69) is 9.97 Å². The molecule has 0 radical (unpaired) electrons. The summed E-state index contributed by atoms with van der Waals surface area (Å²) in [6.07, 6.45) is -5.23. The van der Waals surface area contributed by atoms with Crippen molar-refractivity contribution in [1.29, 1.82) is 0 Å². The van der Waals surface area contributed by atoms with Gasteiger partial charge in [0.25, 0.3) is 0 Å². The van der Waals surface area contributed by atoms with E-state index in [1.54, 1.807) is 24.3 Å². The van der Waals surface area contributed by atoms with Gasteiger partial charge in [0.2, 0.25) is 0 Å². The van der Waals surface area contributed by atoms with Crippen LogP contribution in [-0.4, -0.2) is 16.1 Å². The molecule has 0 bridgehead atoms. The molecule has 0 aliphatic rings. The minimum absolute atomic E-state index is 0.0429. The molecule has 1 heterocycles. The molecule has 0 atom stereocenters. The number of H-pyrrole nitrogens is 1. The number of imidazole rings is 1. The van der Waals surface area contributed by atoms with E-state index in [9.17, 15) is 13.2 Å². The highest BCUT2D eigenvalue weighted by molar-refractivity contribution is 5.74. The summed E-state index contributed by atoms with van der Waals surface area (Å²) in [6, 6.07) is 6.85. The molecule has 2 nitrogen and oxygen atoms in total. The minimum Gasteiger partial charge on any atom is -0.342 e. The number of para-hydroxylation sites is 2. The van der Waals surface area contributed by atoms with Crippen LogP contribution in [0.1, 0.15) is 5.82 Å². The zero-order valence-electron chi connectivity index (χ0n) is 7.10. The van der Waals surface area contributed by atoms with Crippen molar-refractivity contribution in [3.05, 3.63) is 30.1 Å². The predicted octanol–water partition coefficient (Wildman–Crippen LogP) is 2.67. The average molecular weight is 200 g/mol. The number of nitrogens with one attached hydrogen (secondary N) is 1. The van der Waals surface area contributed by atoms with Crippen LogP contribution in [0.3, 0.4) is 0 Å². The lowest BCUT2D eigenvalue weighted by atomic mass is 10.3. The van der Waals surface area contributed by atoms with Gasteiger partial charge < -0.3 is 4.98 Å². The third-order valence-electron chi connectivity index (χ3n) is 1.81. The van der Waals surface area contributed by atoms with E-state index in [4.69, 9.17) is 0 Å². The van der Waals surface area contributed by atoms with Crippen molar-refractivity contribution in [2.45, 2.75) is 12.6 Å². The van der Waals surface area contributed by atoms with E-state index >= 15 is 0 Å². The second-order valence-corrected chi connectivity index (χ2v) is 2.99. The standard InChI is InChI=1S/C9H7F3N2/c10-9(11,12)5-8-13-6-3-1-2-4-7(6)14-8/h1-4H,5H2,(H,13,14). The molecule has 0 saturated heterocycles. The molecule has 0 fully saturated rings. The number of alkyl halides is 3. The summed E-state index contributed by atoms with van der Waals surface area (Å²) in [5.74, 6) is -0.0429. The van der Waals surface area contributed by atoms with E-state index in [0.717, 1.165) is 0 Å². The molecule has 0 spiro atoms. The Balaban J connectivity index is 2.36. The average Bonchev–Trinajstić information content (AvgIpc) is 2.42. The highest BCUT2D eigenvalue weighted by atomic mass is 19.4. The Morgan fingerprint density at radius 2 is 1.93 bits per heavy atom. The van der Waals surface area contributed by atoms with E-state index in [1.807, 2.05) is 0 Å². The zero-order chi connectivity index (χ0) is 10.2. The fourth-order valence-corrected chi connectivity index (χ4v) is 1.28. The molecule has 2 rings (SSSR count). The maximum Gasteiger partial charge on any atom is 0.396 e. The van der Waals surface area contributed by atoms with Crippen molar-refractivity contribution in [3.8, 4) is 0 Å². The maximum absolute atomic E-state index is 12.0. The van der Waals surface area contributed by atoms with E-state index in [0.29, 0.717) is 11.0 Å². The van der Waals surface area contributed by atoms with Crippen LogP contribution in [0.4, 0.5) is 13.2 Å². The molecular formula is C9H7F3N2. The molecule has 0 aliphatic carbocycles. The van der Waals surface area contributed by atoms with Crippen molar-refractivity contribution in [2.75, 3.05) is 0 Å². The Morgan fingerprint density at radius 3 is 2.57 bits per heavy atom. The van der Waals surface area contributed by atoms with Gasteiger partial charge in [-0.05, 0) is 12.1 Å². The third kappa shape index (κ3) is 1.86. The molecule has 0 saturated carbocycles. The molecule has 74 valence electrons. The van der Waals surface area contributed by atoms with Gasteiger partial charge in [-0.2, -0.15) is 13.2 Å². The number of hydrogen-bond acceptors (Lipinski definition) is 1. The first kappa shape index (κ1) is 9.05. The SMILES string of the molecule is FC(F)(F)Cc1nc2ccccc2[nH]1. The van der Waals surface area contributed by atoms with Crippen LogP contribution in [0.5, 0.6) is 0 Å². The Bertz CT molecular complexity index is 411. The Kier molecular flexibility index (Phi) is 1.94. The van der Waals surface area contributed by atoms with Crippen LogP contribution in [0, 0.1) is 0 Å². The van der Waals surface area contributed by atoms with Gasteiger partial charge in [0.1, 0.15) is 12.2 Å². The normalized spacial score (nSPS) is 12.2. The van der Waals surface area contributed by atoms with Gasteiger partial charge in [-0.3, -0.25) is 0 Å². The van der Waals surface area contributed by atoms with Crippen molar-refractivity contribution in [1.82, 2.24) is 9.97 Å². The molecule has 0 aliphatic heterocycles. The summed E-state index contributed by atoms with van der Waals surface area (Å²) in [4.78, 5) is 6.44. The molecule has 2 aromatic rings. The van der Waals surface area contributed by atoms with Gasteiger partial charge in [-0.25, -0.2) is 4.98 Å². The van der Waals surface area contributed by atoms with Crippen molar-refractivity contribution < 1.29 is 13.2 Å². The van der Waals surface area contributed by atoms with Gasteiger partial charge in [0, 0.05) is 0 Å². The fourth-order valence-electron chi connectivity index (χ4n) is 1.28. The quantitative estimate of drug-likeness (QED) is 0.753. The van der Waals surface area contributed by atoms with Crippen molar-refractivity contribution in [2.24, 2.45) is 0 Å². The lowest BCUT2D eigenvalue weighted by molar-refractivity contribution is -0.128. The first-order valence-corrected chi connectivity index (χ1v) is 4.05. The fraction of sp³-hybridized carbons (Fsp3) is 0.222. The first-order chi connectivity index (χ1) is 6.54. The van der Waals surface area contributed by atoms with Crippen LogP contribution in [-0.2, 0) is 6.42 Å². The topological polar surface area (TPSA) is 28.7 Å². The van der Waals surface area contributed by atoms with E-state index in [1.165, 1.54) is 0 Å². The van der Waals surface area contributed by atoms with E-state index in [-0.39, 0.29) is 5.82 Å². The monoisotopic (exact) mass is 200 g/mol. The Morgan fingerprint density at radius 1 is 1.21 bits per heavy atom. The summed E-state index contributed by atoms with van der Waals surface area (Å²) in [7, 11) is 0. The van der Waals surface area contributed by atoms with Gasteiger partial charge in [-0.15, -0.1) is 0 Å². The summed E-state index contributed by atoms with van der Waals surface area (Å²) in [5, 5.41) is 0. The number of aromatic nitrogens is 2. The molecule has 1 aromatic heterocycles. The highest BCUT2D eigenvalue weighted by Gasteiger charge is 2.29. The predicted molar refractivity (Wildman–Crippen MR) is 45.9 cm³/mol. The molecule has 5 heteroatoms. The summed E-state index contributed by atoms with van der Waals surface area (Å²) in [5.41, 5.74) is 1.19. The molecule has 1 N–H and O–H groups in total. The smallest absolute Gasteiger partial charge is 0.342 e. The van der Waals surface area contributed by atoms with Crippen LogP contribution in [0.15, 0.2) is 24.3 Å². The molecule has 14 heavy (non-hydrogen) atoms. The number of rotatable bonds is 1. The Labute approximate surface area is 77.8 Å². The summed E-state index contributed by atoms with van der Waals surface area (Å²) < 4.78 is 36.0. The highest BCUT2D eigenvalue weighted by Crippen LogP contribution is 2.21. The lowest BCUT2D eigenvalue weighted by Crippen LogP contribution is -2.12. The lowest BCUT2D eigenvalue weighted by Gasteiger charge is -2.01. The van der Waals surface area contributed by atoms with Gasteiger partial charge in [-0.1, -0.05) is 12.1 Å². The number of hydrogen-bond donors (Lipinski definition) is 1. The van der Waals surface area contributed by atoms with Crippen LogP contribution < -0.4 is 0 Å². The maximum atomic E-state index is 12.0. The molecular weight excluding hydrogens is 193 g/mol. The number of fused-ring (bicyclic) bond motifs is 1.